The van der Waals surface area contributed by atoms with E-state index in [1.807, 2.05) is 0 Å². The first-order valence-corrected chi connectivity index (χ1v) is 3.54. The van der Waals surface area contributed by atoms with Crippen LogP contribution in [0.25, 0.3) is 0 Å². The maximum atomic E-state index is 10.6. The van der Waals surface area contributed by atoms with Gasteiger partial charge in [-0.05, 0) is 12.4 Å². The quantitative estimate of drug-likeness (QED) is 0.441. The van der Waals surface area contributed by atoms with E-state index in [1.54, 1.807) is 17.3 Å². The largest absolute Gasteiger partial charge is 0.461 e. The lowest BCUT2D eigenvalue weighted by molar-refractivity contribution is -0.137. The van der Waals surface area contributed by atoms with Gasteiger partial charge >= 0.3 is 5.97 Å². The fourth-order valence-electron chi connectivity index (χ4n) is 0.568. The van der Waals surface area contributed by atoms with Crippen molar-refractivity contribution < 1.29 is 9.53 Å². The zero-order valence-electron chi connectivity index (χ0n) is 7.03. The van der Waals surface area contributed by atoms with Crippen LogP contribution in [0.1, 0.15) is 0 Å². The molecule has 0 amide bonds. The molecular formula is C9H13NO2. The summed E-state index contributed by atoms with van der Waals surface area (Å²) in [4.78, 5) is 12.3. The van der Waals surface area contributed by atoms with Crippen LogP contribution < -0.4 is 0 Å². The Kier molecular flexibility index (Phi) is 5.43. The monoisotopic (exact) mass is 167 g/mol. The van der Waals surface area contributed by atoms with Crippen LogP contribution >= 0.6 is 0 Å². The predicted molar refractivity (Wildman–Crippen MR) is 48.3 cm³/mol. The molecule has 0 unspecified atom stereocenters. The fourth-order valence-corrected chi connectivity index (χ4v) is 0.568. The van der Waals surface area contributed by atoms with Gasteiger partial charge in [0.05, 0.1) is 6.54 Å². The molecule has 0 radical (unpaired) electrons. The number of ether oxygens (including phenoxy) is 1. The molecule has 0 fully saturated rings. The molecule has 66 valence electrons. The minimum Gasteiger partial charge on any atom is -0.461 e. The van der Waals surface area contributed by atoms with Crippen molar-refractivity contribution >= 4 is 5.97 Å². The summed E-state index contributed by atoms with van der Waals surface area (Å²) in [6.45, 7) is 11.2. The van der Waals surface area contributed by atoms with E-state index in [2.05, 4.69) is 19.7 Å². The highest BCUT2D eigenvalue weighted by molar-refractivity contribution is 5.81. The van der Waals surface area contributed by atoms with Gasteiger partial charge in [0, 0.05) is 6.08 Å². The number of hydrogen-bond acceptors (Lipinski definition) is 3. The summed E-state index contributed by atoms with van der Waals surface area (Å²) in [5, 5.41) is 0. The van der Waals surface area contributed by atoms with E-state index in [0.29, 0.717) is 13.2 Å². The lowest BCUT2D eigenvalue weighted by Crippen LogP contribution is -2.17. The van der Waals surface area contributed by atoms with Crippen molar-refractivity contribution in [1.82, 2.24) is 4.90 Å². The first-order valence-electron chi connectivity index (χ1n) is 3.54. The van der Waals surface area contributed by atoms with Gasteiger partial charge in [0.2, 0.25) is 0 Å². The molecule has 0 N–H and O–H groups in total. The molecule has 0 aliphatic carbocycles. The lowest BCUT2D eigenvalue weighted by Gasteiger charge is -2.13. The van der Waals surface area contributed by atoms with Crippen LogP contribution in [0.4, 0.5) is 0 Å². The Balaban J connectivity index is 3.53. The van der Waals surface area contributed by atoms with E-state index in [-0.39, 0.29) is 0 Å². The molecule has 0 spiro atoms. The predicted octanol–water partition coefficient (Wildman–Crippen LogP) is 1.30. The van der Waals surface area contributed by atoms with Gasteiger partial charge in [-0.25, -0.2) is 4.79 Å². The van der Waals surface area contributed by atoms with Crippen LogP contribution in [0.15, 0.2) is 38.2 Å². The summed E-state index contributed by atoms with van der Waals surface area (Å²) in [6, 6.07) is 0. The van der Waals surface area contributed by atoms with Crippen LogP contribution in [0, 0.1) is 0 Å². The van der Waals surface area contributed by atoms with Crippen LogP contribution in [0.5, 0.6) is 0 Å². The Hall–Kier alpha value is -1.51. The molecule has 0 aromatic rings. The highest BCUT2D eigenvalue weighted by Gasteiger charge is 1.96. The Morgan fingerprint density at radius 3 is 2.33 bits per heavy atom. The summed E-state index contributed by atoms with van der Waals surface area (Å²) in [6.07, 6.45) is 4.34. The molecule has 3 heteroatoms. The molecular weight excluding hydrogens is 154 g/mol. The molecule has 0 aromatic heterocycles. The Morgan fingerprint density at radius 2 is 1.92 bits per heavy atom. The number of rotatable bonds is 6. The maximum Gasteiger partial charge on any atom is 0.330 e. The van der Waals surface area contributed by atoms with Crippen molar-refractivity contribution in [3.8, 4) is 0 Å². The van der Waals surface area contributed by atoms with Gasteiger partial charge in [0.1, 0.15) is 6.61 Å². The van der Waals surface area contributed by atoms with E-state index < -0.39 is 5.97 Å². The molecule has 3 nitrogen and oxygen atoms in total. The molecule has 0 atom stereocenters. The number of esters is 1. The minimum atomic E-state index is -0.414. The molecule has 0 aliphatic rings. The van der Waals surface area contributed by atoms with E-state index in [4.69, 9.17) is 4.74 Å². The van der Waals surface area contributed by atoms with Gasteiger partial charge in [-0.1, -0.05) is 19.7 Å². The Bertz CT molecular complexity index is 179. The second kappa shape index (κ2) is 6.22. The van der Waals surface area contributed by atoms with Crippen LogP contribution in [-0.2, 0) is 9.53 Å². The van der Waals surface area contributed by atoms with Crippen molar-refractivity contribution in [3.05, 3.63) is 38.2 Å². The molecule has 0 aromatic carbocycles. The van der Waals surface area contributed by atoms with Gasteiger partial charge < -0.3 is 9.64 Å². The van der Waals surface area contributed by atoms with Crippen molar-refractivity contribution in [1.29, 1.82) is 0 Å². The number of hydrogen-bond donors (Lipinski definition) is 0. The molecule has 0 bridgehead atoms. The normalized spacial score (nSPS) is 8.33. The topological polar surface area (TPSA) is 29.5 Å². The molecule has 0 heterocycles. The van der Waals surface area contributed by atoms with E-state index in [1.165, 1.54) is 0 Å². The second-order valence-electron chi connectivity index (χ2n) is 1.97. The molecule has 0 saturated heterocycles. The van der Waals surface area contributed by atoms with Gasteiger partial charge in [-0.3, -0.25) is 0 Å². The summed E-state index contributed by atoms with van der Waals surface area (Å²) >= 11 is 0. The second-order valence-corrected chi connectivity index (χ2v) is 1.97. The maximum absolute atomic E-state index is 10.6. The van der Waals surface area contributed by atoms with Crippen LogP contribution in [0.3, 0.4) is 0 Å². The highest BCUT2D eigenvalue weighted by atomic mass is 16.5. The van der Waals surface area contributed by atoms with Crippen LogP contribution in [0.2, 0.25) is 0 Å². The molecule has 12 heavy (non-hydrogen) atoms. The average Bonchev–Trinajstić information content (AvgIpc) is 2.12. The zero-order chi connectivity index (χ0) is 9.40. The van der Waals surface area contributed by atoms with Crippen molar-refractivity contribution in [2.24, 2.45) is 0 Å². The van der Waals surface area contributed by atoms with E-state index in [0.717, 1.165) is 6.08 Å². The third kappa shape index (κ3) is 4.33. The van der Waals surface area contributed by atoms with E-state index in [9.17, 15) is 4.79 Å². The van der Waals surface area contributed by atoms with Crippen molar-refractivity contribution in [3.63, 3.8) is 0 Å². The molecule has 0 rings (SSSR count). The first-order chi connectivity index (χ1) is 5.74. The third-order valence-electron chi connectivity index (χ3n) is 1.23. The van der Waals surface area contributed by atoms with Gasteiger partial charge in [0.15, 0.2) is 0 Å². The SMILES string of the molecule is C=CC(=O)OCCN(C=C)C=C. The minimum absolute atomic E-state index is 0.308. The number of carbonyl (C=O) groups is 1. The lowest BCUT2D eigenvalue weighted by atomic mass is 10.6. The van der Waals surface area contributed by atoms with Gasteiger partial charge in [0.25, 0.3) is 0 Å². The summed E-state index contributed by atoms with van der Waals surface area (Å²) < 4.78 is 4.73. The first kappa shape index (κ1) is 10.5. The van der Waals surface area contributed by atoms with Crippen molar-refractivity contribution in [2.75, 3.05) is 13.2 Å². The fraction of sp³-hybridized carbons (Fsp3) is 0.222. The van der Waals surface area contributed by atoms with E-state index >= 15 is 0 Å². The summed E-state index contributed by atoms with van der Waals surface area (Å²) in [7, 11) is 0. The van der Waals surface area contributed by atoms with Gasteiger partial charge in [-0.2, -0.15) is 0 Å². The Morgan fingerprint density at radius 1 is 1.33 bits per heavy atom. The zero-order valence-corrected chi connectivity index (χ0v) is 7.03. The standard InChI is InChI=1S/C9H13NO2/c1-4-9(11)12-8-7-10(5-2)6-3/h4-6H,1-3,7-8H2. The van der Waals surface area contributed by atoms with Crippen LogP contribution in [-0.4, -0.2) is 24.0 Å². The Labute approximate surface area is 72.6 Å². The third-order valence-corrected chi connectivity index (χ3v) is 1.23. The molecule has 0 aliphatic heterocycles. The number of carbonyl (C=O) groups excluding carboxylic acids is 1. The van der Waals surface area contributed by atoms with Gasteiger partial charge in [-0.15, -0.1) is 0 Å². The smallest absolute Gasteiger partial charge is 0.330 e. The highest BCUT2D eigenvalue weighted by Crippen LogP contribution is 1.89. The summed E-state index contributed by atoms with van der Waals surface area (Å²) in [5.41, 5.74) is 0. The molecule has 0 saturated carbocycles. The average molecular weight is 167 g/mol. The summed E-state index contributed by atoms with van der Waals surface area (Å²) in [5.74, 6) is -0.414. The number of nitrogens with zero attached hydrogens (tertiary/aromatic N) is 1. The van der Waals surface area contributed by atoms with Crippen molar-refractivity contribution in [2.45, 2.75) is 0 Å².